The van der Waals surface area contributed by atoms with E-state index in [1.807, 2.05) is 4.68 Å². The maximum Gasteiger partial charge on any atom is 0.125 e. The van der Waals surface area contributed by atoms with E-state index in [0.29, 0.717) is 12.6 Å². The molecule has 0 radical (unpaired) electrons. The Morgan fingerprint density at radius 1 is 1.36 bits per heavy atom. The lowest BCUT2D eigenvalue weighted by atomic mass is 10.1. The first kappa shape index (κ1) is 8.26. The second kappa shape index (κ2) is 2.96. The van der Waals surface area contributed by atoms with E-state index < -0.39 is 0 Å². The molecule has 1 aromatic heterocycles. The van der Waals surface area contributed by atoms with Crippen LogP contribution in [-0.2, 0) is 22.5 Å². The van der Waals surface area contributed by atoms with Gasteiger partial charge in [-0.1, -0.05) is 0 Å². The fraction of sp³-hybridized carbons (Fsp3) is 0.667. The van der Waals surface area contributed by atoms with Crippen LogP contribution in [0.25, 0.3) is 0 Å². The van der Waals surface area contributed by atoms with Gasteiger partial charge in [0, 0.05) is 12.0 Å². The highest BCUT2D eigenvalue weighted by Gasteiger charge is 2.27. The van der Waals surface area contributed by atoms with Crippen molar-refractivity contribution in [3.8, 4) is 0 Å². The maximum absolute atomic E-state index is 6.02. The minimum atomic E-state index is 0.334. The standard InChI is InChI=1S/C9H13N3O2/c10-9-7-1-2-13-5-8(7)11-12(9)6-3-14-4-6/h6H,1-5,10H2. The van der Waals surface area contributed by atoms with E-state index in [-0.39, 0.29) is 0 Å². The minimum Gasteiger partial charge on any atom is -0.384 e. The maximum atomic E-state index is 6.02. The number of hydrogen-bond acceptors (Lipinski definition) is 4. The molecule has 1 fully saturated rings. The van der Waals surface area contributed by atoms with Gasteiger partial charge in [0.2, 0.25) is 0 Å². The van der Waals surface area contributed by atoms with Crippen molar-refractivity contribution in [2.45, 2.75) is 19.1 Å². The van der Waals surface area contributed by atoms with Crippen LogP contribution in [0, 0.1) is 0 Å². The Morgan fingerprint density at radius 2 is 2.21 bits per heavy atom. The Balaban J connectivity index is 2.00. The van der Waals surface area contributed by atoms with Crippen molar-refractivity contribution in [2.24, 2.45) is 0 Å². The zero-order chi connectivity index (χ0) is 9.54. The van der Waals surface area contributed by atoms with Crippen LogP contribution >= 0.6 is 0 Å². The number of anilines is 1. The third-order valence-electron chi connectivity index (χ3n) is 2.83. The average Bonchev–Trinajstić information content (AvgIpc) is 2.43. The van der Waals surface area contributed by atoms with Gasteiger partial charge in [-0.15, -0.1) is 0 Å². The van der Waals surface area contributed by atoms with Gasteiger partial charge in [-0.2, -0.15) is 5.10 Å². The molecule has 2 aliphatic rings. The van der Waals surface area contributed by atoms with E-state index in [4.69, 9.17) is 15.2 Å². The van der Waals surface area contributed by atoms with Crippen molar-refractivity contribution in [2.75, 3.05) is 25.6 Å². The summed E-state index contributed by atoms with van der Waals surface area (Å²) in [5.74, 6) is 0.802. The molecule has 0 aliphatic carbocycles. The van der Waals surface area contributed by atoms with Gasteiger partial charge >= 0.3 is 0 Å². The summed E-state index contributed by atoms with van der Waals surface area (Å²) in [6.07, 6.45) is 0.884. The second-order valence-corrected chi connectivity index (χ2v) is 3.75. The molecular weight excluding hydrogens is 182 g/mol. The Hall–Kier alpha value is -1.07. The summed E-state index contributed by atoms with van der Waals surface area (Å²) in [7, 11) is 0. The quantitative estimate of drug-likeness (QED) is 0.690. The fourth-order valence-corrected chi connectivity index (χ4v) is 1.90. The van der Waals surface area contributed by atoms with Gasteiger partial charge < -0.3 is 15.2 Å². The highest BCUT2D eigenvalue weighted by atomic mass is 16.5. The lowest BCUT2D eigenvalue weighted by Crippen LogP contribution is -2.32. The smallest absolute Gasteiger partial charge is 0.125 e. The molecule has 0 aromatic carbocycles. The van der Waals surface area contributed by atoms with E-state index >= 15 is 0 Å². The van der Waals surface area contributed by atoms with Gasteiger partial charge in [0.15, 0.2) is 0 Å². The van der Waals surface area contributed by atoms with Crippen LogP contribution in [0.2, 0.25) is 0 Å². The van der Waals surface area contributed by atoms with Crippen molar-refractivity contribution >= 4 is 5.82 Å². The molecule has 76 valence electrons. The summed E-state index contributed by atoms with van der Waals surface area (Å²) >= 11 is 0. The van der Waals surface area contributed by atoms with E-state index in [9.17, 15) is 0 Å². The van der Waals surface area contributed by atoms with Gasteiger partial charge in [-0.05, 0) is 0 Å². The summed E-state index contributed by atoms with van der Waals surface area (Å²) in [6.45, 7) is 2.81. The Morgan fingerprint density at radius 3 is 2.86 bits per heavy atom. The number of aromatic nitrogens is 2. The van der Waals surface area contributed by atoms with E-state index in [1.165, 1.54) is 5.56 Å². The number of nitrogens with zero attached hydrogens (tertiary/aromatic N) is 2. The van der Waals surface area contributed by atoms with Gasteiger partial charge in [-0.3, -0.25) is 0 Å². The molecule has 1 saturated heterocycles. The molecule has 14 heavy (non-hydrogen) atoms. The highest BCUT2D eigenvalue weighted by molar-refractivity contribution is 5.44. The number of ether oxygens (including phenoxy) is 2. The first-order valence-electron chi connectivity index (χ1n) is 4.87. The fourth-order valence-electron chi connectivity index (χ4n) is 1.90. The van der Waals surface area contributed by atoms with Crippen LogP contribution in [0.5, 0.6) is 0 Å². The molecule has 2 aliphatic heterocycles. The molecule has 0 bridgehead atoms. The van der Waals surface area contributed by atoms with Crippen molar-refractivity contribution in [3.05, 3.63) is 11.3 Å². The predicted molar refractivity (Wildman–Crippen MR) is 49.9 cm³/mol. The summed E-state index contributed by atoms with van der Waals surface area (Å²) in [5.41, 5.74) is 8.19. The van der Waals surface area contributed by atoms with Crippen LogP contribution in [0.4, 0.5) is 5.82 Å². The summed E-state index contributed by atoms with van der Waals surface area (Å²) in [4.78, 5) is 0. The number of nitrogen functional groups attached to an aromatic ring is 1. The minimum absolute atomic E-state index is 0.334. The van der Waals surface area contributed by atoms with Crippen LogP contribution in [0.3, 0.4) is 0 Å². The summed E-state index contributed by atoms with van der Waals surface area (Å²) < 4.78 is 12.4. The SMILES string of the molecule is Nc1c2c(nn1C1COC1)COCC2. The average molecular weight is 195 g/mol. The molecule has 0 atom stereocenters. The molecule has 3 heterocycles. The van der Waals surface area contributed by atoms with Crippen LogP contribution in [0.15, 0.2) is 0 Å². The molecule has 3 rings (SSSR count). The molecule has 1 aromatic rings. The first-order valence-corrected chi connectivity index (χ1v) is 4.87. The Kier molecular flexibility index (Phi) is 1.75. The van der Waals surface area contributed by atoms with Gasteiger partial charge in [0.05, 0.1) is 32.1 Å². The molecule has 0 amide bonds. The zero-order valence-electron chi connectivity index (χ0n) is 7.90. The molecule has 2 N–H and O–H groups in total. The predicted octanol–water partition coefficient (Wildman–Crippen LogP) is 0.109. The normalized spacial score (nSPS) is 21.7. The van der Waals surface area contributed by atoms with Crippen molar-refractivity contribution in [1.82, 2.24) is 9.78 Å². The van der Waals surface area contributed by atoms with E-state index in [2.05, 4.69) is 5.10 Å². The molecule has 5 heteroatoms. The first-order chi connectivity index (χ1) is 6.86. The van der Waals surface area contributed by atoms with Gasteiger partial charge in [0.1, 0.15) is 11.9 Å². The van der Waals surface area contributed by atoms with Crippen molar-refractivity contribution in [3.63, 3.8) is 0 Å². The lowest BCUT2D eigenvalue weighted by molar-refractivity contribution is -0.0279. The molecule has 5 nitrogen and oxygen atoms in total. The van der Waals surface area contributed by atoms with E-state index in [0.717, 1.165) is 37.8 Å². The number of fused-ring (bicyclic) bond motifs is 1. The van der Waals surface area contributed by atoms with Gasteiger partial charge in [0.25, 0.3) is 0 Å². The topological polar surface area (TPSA) is 62.3 Å². The third-order valence-corrected chi connectivity index (χ3v) is 2.83. The van der Waals surface area contributed by atoms with Crippen LogP contribution in [-0.4, -0.2) is 29.6 Å². The van der Waals surface area contributed by atoms with Crippen molar-refractivity contribution in [1.29, 1.82) is 0 Å². The third kappa shape index (κ3) is 1.06. The Bertz CT molecular complexity index is 357. The van der Waals surface area contributed by atoms with Crippen molar-refractivity contribution < 1.29 is 9.47 Å². The van der Waals surface area contributed by atoms with Crippen LogP contribution in [0.1, 0.15) is 17.3 Å². The number of nitrogens with two attached hydrogens (primary N) is 1. The highest BCUT2D eigenvalue weighted by Crippen LogP contribution is 2.27. The molecule has 0 unspecified atom stereocenters. The Labute approximate surface area is 81.8 Å². The van der Waals surface area contributed by atoms with Gasteiger partial charge in [-0.25, -0.2) is 4.68 Å². The van der Waals surface area contributed by atoms with E-state index in [1.54, 1.807) is 0 Å². The summed E-state index contributed by atoms with van der Waals surface area (Å²) in [6, 6.07) is 0.334. The monoisotopic (exact) mass is 195 g/mol. The zero-order valence-corrected chi connectivity index (χ0v) is 7.90. The lowest BCUT2D eigenvalue weighted by Gasteiger charge is -2.26. The van der Waals surface area contributed by atoms with Crippen LogP contribution < -0.4 is 5.73 Å². The molecular formula is C9H13N3O2. The number of rotatable bonds is 1. The largest absolute Gasteiger partial charge is 0.384 e. The summed E-state index contributed by atoms with van der Waals surface area (Å²) in [5, 5.41) is 4.46. The number of hydrogen-bond donors (Lipinski definition) is 1. The second-order valence-electron chi connectivity index (χ2n) is 3.75. The molecule has 0 spiro atoms. The molecule has 0 saturated carbocycles.